The molecule has 0 radical (unpaired) electrons. The molecule has 0 spiro atoms. The van der Waals surface area contributed by atoms with E-state index in [-0.39, 0.29) is 17.2 Å². The Morgan fingerprint density at radius 2 is 1.80 bits per heavy atom. The number of ether oxygens (including phenoxy) is 1. The molecule has 1 N–H and O–H groups in total. The summed E-state index contributed by atoms with van der Waals surface area (Å²) in [6.07, 6.45) is 1.29. The zero-order valence-electron chi connectivity index (χ0n) is 20.5. The van der Waals surface area contributed by atoms with Crippen molar-refractivity contribution in [2.45, 2.75) is 37.6 Å². The van der Waals surface area contributed by atoms with E-state index < -0.39 is 21.7 Å². The molecule has 0 aliphatic carbocycles. The first-order valence-corrected chi connectivity index (χ1v) is 12.6. The van der Waals surface area contributed by atoms with Gasteiger partial charge in [-0.1, -0.05) is 26.0 Å². The van der Waals surface area contributed by atoms with Gasteiger partial charge in [0.15, 0.2) is 0 Å². The number of nitrogens with zero attached hydrogens (tertiary/aromatic N) is 2. The third-order valence-electron chi connectivity index (χ3n) is 5.44. The smallest absolute Gasteiger partial charge is 0.264 e. The highest BCUT2D eigenvalue weighted by atomic mass is 32.2. The Kier molecular flexibility index (Phi) is 8.24. The summed E-state index contributed by atoms with van der Waals surface area (Å²) in [6, 6.07) is 12.4. The molecule has 0 saturated heterocycles. The second kappa shape index (κ2) is 11.0. The van der Waals surface area contributed by atoms with E-state index in [9.17, 15) is 17.6 Å². The highest BCUT2D eigenvalue weighted by molar-refractivity contribution is 7.90. The molecule has 2 aromatic carbocycles. The number of sulfonamides is 1. The van der Waals surface area contributed by atoms with Crippen LogP contribution in [-0.2, 0) is 27.8 Å². The molecule has 1 aromatic heterocycles. The summed E-state index contributed by atoms with van der Waals surface area (Å²) in [6.45, 7) is 4.44. The topological polar surface area (TPSA) is 88.6 Å². The van der Waals surface area contributed by atoms with Crippen molar-refractivity contribution in [3.63, 3.8) is 0 Å². The lowest BCUT2D eigenvalue weighted by Gasteiger charge is -2.18. The Bertz CT molecular complexity index is 1310. The maximum Gasteiger partial charge on any atom is 0.264 e. The van der Waals surface area contributed by atoms with Gasteiger partial charge in [0.1, 0.15) is 5.82 Å². The SMILES string of the molecule is COc1cc(-c2cc(F)cc(C(C)C)c2CC(=O)NS(=O)(=O)c2ccc(CN(C)C)cc2)ccn1. The standard InChI is InChI=1S/C26H30FN3O4S/c1-17(2)22-13-20(27)14-23(19-10-11-28-26(12-19)34-5)24(22)15-25(31)29-35(32,33)21-8-6-18(7-9-21)16-30(3)4/h6-14,17H,15-16H2,1-5H3,(H,29,31). The van der Waals surface area contributed by atoms with E-state index in [0.717, 1.165) is 5.56 Å². The quantitative estimate of drug-likeness (QED) is 0.476. The zero-order chi connectivity index (χ0) is 25.8. The van der Waals surface area contributed by atoms with Crippen molar-refractivity contribution < 1.29 is 22.3 Å². The fourth-order valence-electron chi connectivity index (χ4n) is 3.86. The van der Waals surface area contributed by atoms with Crippen LogP contribution in [0.3, 0.4) is 0 Å². The fourth-order valence-corrected chi connectivity index (χ4v) is 4.85. The second-order valence-electron chi connectivity index (χ2n) is 8.85. The predicted molar refractivity (Wildman–Crippen MR) is 133 cm³/mol. The number of methoxy groups -OCH3 is 1. The summed E-state index contributed by atoms with van der Waals surface area (Å²) >= 11 is 0. The van der Waals surface area contributed by atoms with Crippen molar-refractivity contribution in [3.05, 3.63) is 77.2 Å². The number of carbonyl (C=O) groups excluding carboxylic acids is 1. The number of benzene rings is 2. The number of hydrogen-bond donors (Lipinski definition) is 1. The Balaban J connectivity index is 1.93. The normalized spacial score (nSPS) is 11.7. The van der Waals surface area contributed by atoms with E-state index in [1.54, 1.807) is 24.3 Å². The van der Waals surface area contributed by atoms with Gasteiger partial charge in [-0.05, 0) is 78.2 Å². The van der Waals surface area contributed by atoms with Crippen LogP contribution in [0.15, 0.2) is 59.6 Å². The summed E-state index contributed by atoms with van der Waals surface area (Å²) in [7, 11) is 1.24. The first kappa shape index (κ1) is 26.3. The van der Waals surface area contributed by atoms with Gasteiger partial charge in [0.2, 0.25) is 11.8 Å². The maximum atomic E-state index is 14.5. The van der Waals surface area contributed by atoms with E-state index in [0.29, 0.717) is 34.7 Å². The Labute approximate surface area is 206 Å². The molecular weight excluding hydrogens is 469 g/mol. The molecule has 1 amide bonds. The lowest BCUT2D eigenvalue weighted by atomic mass is 9.88. The van der Waals surface area contributed by atoms with Crippen LogP contribution in [0, 0.1) is 5.82 Å². The molecule has 1 heterocycles. The monoisotopic (exact) mass is 499 g/mol. The molecule has 35 heavy (non-hydrogen) atoms. The van der Waals surface area contributed by atoms with Crippen LogP contribution in [0.2, 0.25) is 0 Å². The molecule has 3 aromatic rings. The van der Waals surface area contributed by atoms with E-state index >= 15 is 0 Å². The van der Waals surface area contributed by atoms with Crippen LogP contribution < -0.4 is 9.46 Å². The third-order valence-corrected chi connectivity index (χ3v) is 6.83. The van der Waals surface area contributed by atoms with Gasteiger partial charge in [0.05, 0.1) is 18.4 Å². The average molecular weight is 500 g/mol. The number of carbonyl (C=O) groups is 1. The minimum absolute atomic E-state index is 0.00404. The lowest BCUT2D eigenvalue weighted by molar-refractivity contribution is -0.118. The van der Waals surface area contributed by atoms with Crippen molar-refractivity contribution in [2.75, 3.05) is 21.2 Å². The van der Waals surface area contributed by atoms with Crippen molar-refractivity contribution in [1.82, 2.24) is 14.6 Å². The van der Waals surface area contributed by atoms with Gasteiger partial charge in [-0.25, -0.2) is 22.5 Å². The highest BCUT2D eigenvalue weighted by Gasteiger charge is 2.22. The molecule has 0 fully saturated rings. The molecule has 3 rings (SSSR count). The van der Waals surface area contributed by atoms with Gasteiger partial charge >= 0.3 is 0 Å². The van der Waals surface area contributed by atoms with Gasteiger partial charge < -0.3 is 9.64 Å². The first-order chi connectivity index (χ1) is 16.5. The van der Waals surface area contributed by atoms with Gasteiger partial charge in [0.25, 0.3) is 10.0 Å². The predicted octanol–water partition coefficient (Wildman–Crippen LogP) is 4.13. The number of halogens is 1. The van der Waals surface area contributed by atoms with Crippen LogP contribution in [-0.4, -0.2) is 45.4 Å². The number of pyridine rings is 1. The van der Waals surface area contributed by atoms with Crippen LogP contribution in [0.5, 0.6) is 5.88 Å². The zero-order valence-corrected chi connectivity index (χ0v) is 21.3. The van der Waals surface area contributed by atoms with E-state index in [1.807, 2.05) is 32.8 Å². The first-order valence-electron chi connectivity index (χ1n) is 11.1. The molecule has 186 valence electrons. The summed E-state index contributed by atoms with van der Waals surface area (Å²) < 4.78 is 47.6. The minimum Gasteiger partial charge on any atom is -0.481 e. The average Bonchev–Trinajstić information content (AvgIpc) is 2.79. The number of rotatable bonds is 9. The molecule has 0 saturated carbocycles. The largest absolute Gasteiger partial charge is 0.481 e. The Hall–Kier alpha value is -3.30. The van der Waals surface area contributed by atoms with Crippen LogP contribution in [0.4, 0.5) is 4.39 Å². The van der Waals surface area contributed by atoms with Gasteiger partial charge in [-0.15, -0.1) is 0 Å². The van der Waals surface area contributed by atoms with Gasteiger partial charge in [-0.3, -0.25) is 4.79 Å². The van der Waals surface area contributed by atoms with E-state index in [4.69, 9.17) is 4.74 Å². The van der Waals surface area contributed by atoms with Crippen molar-refractivity contribution in [2.24, 2.45) is 0 Å². The molecule has 0 bridgehead atoms. The highest BCUT2D eigenvalue weighted by Crippen LogP contribution is 2.33. The van der Waals surface area contributed by atoms with E-state index in [1.165, 1.54) is 37.6 Å². The van der Waals surface area contributed by atoms with Crippen LogP contribution in [0.1, 0.15) is 36.5 Å². The van der Waals surface area contributed by atoms with E-state index in [2.05, 4.69) is 9.71 Å². The summed E-state index contributed by atoms with van der Waals surface area (Å²) in [5.74, 6) is -0.919. The summed E-state index contributed by atoms with van der Waals surface area (Å²) in [5, 5.41) is 0. The number of nitrogens with one attached hydrogen (secondary N) is 1. The third kappa shape index (κ3) is 6.64. The second-order valence-corrected chi connectivity index (χ2v) is 10.5. The van der Waals surface area contributed by atoms with Crippen LogP contribution >= 0.6 is 0 Å². The molecule has 0 aliphatic rings. The summed E-state index contributed by atoms with van der Waals surface area (Å²) in [4.78, 5) is 19.0. The minimum atomic E-state index is -4.07. The molecule has 0 unspecified atom stereocenters. The van der Waals surface area contributed by atoms with Crippen molar-refractivity contribution in [1.29, 1.82) is 0 Å². The van der Waals surface area contributed by atoms with Gasteiger partial charge in [-0.2, -0.15) is 0 Å². The molecule has 9 heteroatoms. The number of amides is 1. The lowest BCUT2D eigenvalue weighted by Crippen LogP contribution is -2.32. The molecular formula is C26H30FN3O4S. The molecule has 0 aliphatic heterocycles. The Morgan fingerprint density at radius 1 is 1.11 bits per heavy atom. The fraction of sp³-hybridized carbons (Fsp3) is 0.308. The van der Waals surface area contributed by atoms with Crippen molar-refractivity contribution >= 4 is 15.9 Å². The van der Waals surface area contributed by atoms with Crippen molar-refractivity contribution in [3.8, 4) is 17.0 Å². The maximum absolute atomic E-state index is 14.5. The van der Waals surface area contributed by atoms with Crippen LogP contribution in [0.25, 0.3) is 11.1 Å². The number of hydrogen-bond acceptors (Lipinski definition) is 6. The Morgan fingerprint density at radius 3 is 2.40 bits per heavy atom. The molecule has 0 atom stereocenters. The number of aromatic nitrogens is 1. The summed E-state index contributed by atoms with van der Waals surface area (Å²) in [5.41, 5.74) is 3.21. The molecule has 7 nitrogen and oxygen atoms in total. The van der Waals surface area contributed by atoms with Gasteiger partial charge in [0, 0.05) is 18.8 Å².